The smallest absolute Gasteiger partial charge is 0.245 e. The Labute approximate surface area is 119 Å². The van der Waals surface area contributed by atoms with Gasteiger partial charge in [-0.3, -0.25) is 9.59 Å². The van der Waals surface area contributed by atoms with Crippen LogP contribution in [-0.4, -0.2) is 56.3 Å². The van der Waals surface area contributed by atoms with Gasteiger partial charge in [0.15, 0.2) is 0 Å². The molecule has 0 radical (unpaired) electrons. The Morgan fingerprint density at radius 1 is 1.20 bits per heavy atom. The zero-order chi connectivity index (χ0) is 14.8. The maximum atomic E-state index is 12.4. The highest BCUT2D eigenvalue weighted by Crippen LogP contribution is 2.28. The van der Waals surface area contributed by atoms with Crippen LogP contribution in [0.25, 0.3) is 0 Å². The first-order valence-corrected chi connectivity index (χ1v) is 9.19. The minimum Gasteiger partial charge on any atom is -0.342 e. The van der Waals surface area contributed by atoms with Crippen LogP contribution in [0.2, 0.25) is 0 Å². The highest BCUT2D eigenvalue weighted by molar-refractivity contribution is 7.90. The van der Waals surface area contributed by atoms with Crippen LogP contribution in [-0.2, 0) is 19.4 Å². The zero-order valence-corrected chi connectivity index (χ0v) is 12.6. The lowest BCUT2D eigenvalue weighted by Gasteiger charge is -2.37. The number of carbonyl (C=O) groups excluding carboxylic acids is 2. The fourth-order valence-electron chi connectivity index (χ4n) is 2.98. The molecule has 7 heteroatoms. The third kappa shape index (κ3) is 3.94. The molecule has 1 aliphatic carbocycles. The molecule has 2 aliphatic rings. The summed E-state index contributed by atoms with van der Waals surface area (Å²) in [6, 6.07) is -0.462. The lowest BCUT2D eigenvalue weighted by Crippen LogP contribution is -2.61. The van der Waals surface area contributed by atoms with Gasteiger partial charge >= 0.3 is 0 Å². The molecule has 6 nitrogen and oxygen atoms in total. The lowest BCUT2D eigenvalue weighted by atomic mass is 9.82. The highest BCUT2D eigenvalue weighted by Gasteiger charge is 2.38. The summed E-state index contributed by atoms with van der Waals surface area (Å²) in [5.74, 6) is -0.210. The molecule has 1 unspecified atom stereocenters. The van der Waals surface area contributed by atoms with Crippen LogP contribution in [0.1, 0.15) is 32.1 Å². The Kier molecular flexibility index (Phi) is 4.67. The minimum atomic E-state index is -3.13. The number of hydrogen-bond donors (Lipinski definition) is 1. The van der Waals surface area contributed by atoms with E-state index in [1.54, 1.807) is 0 Å². The van der Waals surface area contributed by atoms with Gasteiger partial charge < -0.3 is 10.2 Å². The summed E-state index contributed by atoms with van der Waals surface area (Å²) in [5.41, 5.74) is 0. The van der Waals surface area contributed by atoms with Crippen molar-refractivity contribution in [3.05, 3.63) is 0 Å². The van der Waals surface area contributed by atoms with Crippen LogP contribution in [0.15, 0.2) is 0 Å². The van der Waals surface area contributed by atoms with Gasteiger partial charge in [-0.1, -0.05) is 19.3 Å². The largest absolute Gasteiger partial charge is 0.342 e. The van der Waals surface area contributed by atoms with Crippen molar-refractivity contribution in [1.82, 2.24) is 10.2 Å². The highest BCUT2D eigenvalue weighted by atomic mass is 32.2. The molecule has 0 aromatic carbocycles. The lowest BCUT2D eigenvalue weighted by molar-refractivity contribution is -0.146. The number of amides is 2. The number of nitrogens with zero attached hydrogens (tertiary/aromatic N) is 1. The Balaban J connectivity index is 2.02. The summed E-state index contributed by atoms with van der Waals surface area (Å²) in [5, 5.41) is 2.78. The Morgan fingerprint density at radius 3 is 2.45 bits per heavy atom. The predicted octanol–water partition coefficient (Wildman–Crippen LogP) is -0.0617. The minimum absolute atomic E-state index is 0.0302. The second kappa shape index (κ2) is 6.11. The van der Waals surface area contributed by atoms with Crippen LogP contribution in [0, 0.1) is 5.92 Å². The summed E-state index contributed by atoms with van der Waals surface area (Å²) in [6.07, 6.45) is 6.41. The van der Waals surface area contributed by atoms with Crippen molar-refractivity contribution >= 4 is 21.7 Å². The number of piperazine rings is 1. The third-order valence-electron chi connectivity index (χ3n) is 4.08. The van der Waals surface area contributed by atoms with E-state index in [0.29, 0.717) is 0 Å². The first kappa shape index (κ1) is 15.3. The van der Waals surface area contributed by atoms with Gasteiger partial charge in [-0.05, 0) is 18.8 Å². The van der Waals surface area contributed by atoms with Gasteiger partial charge in [0.2, 0.25) is 11.8 Å². The number of nitrogens with one attached hydrogen (secondary N) is 1. The van der Waals surface area contributed by atoms with E-state index in [1.165, 1.54) is 11.3 Å². The van der Waals surface area contributed by atoms with E-state index in [-0.39, 0.29) is 36.6 Å². The molecule has 1 aliphatic heterocycles. The fraction of sp³-hybridized carbons (Fsp3) is 0.846. The van der Waals surface area contributed by atoms with Crippen molar-refractivity contribution in [2.75, 3.05) is 25.1 Å². The molecule has 0 aromatic rings. The quantitative estimate of drug-likeness (QED) is 0.788. The van der Waals surface area contributed by atoms with E-state index in [2.05, 4.69) is 5.32 Å². The van der Waals surface area contributed by atoms with Crippen molar-refractivity contribution in [2.24, 2.45) is 5.92 Å². The molecule has 20 heavy (non-hydrogen) atoms. The molecule has 2 amide bonds. The first-order chi connectivity index (χ1) is 9.37. The molecule has 1 heterocycles. The van der Waals surface area contributed by atoms with Crippen LogP contribution < -0.4 is 5.32 Å². The fourth-order valence-corrected chi connectivity index (χ4v) is 3.53. The van der Waals surface area contributed by atoms with Gasteiger partial charge in [0.1, 0.15) is 15.9 Å². The molecular formula is C13H22N2O4S. The number of hydrogen-bond acceptors (Lipinski definition) is 4. The second-order valence-electron chi connectivity index (χ2n) is 5.83. The summed E-state index contributed by atoms with van der Waals surface area (Å²) in [7, 11) is -3.13. The topological polar surface area (TPSA) is 83.6 Å². The number of carbonyl (C=O) groups is 2. The van der Waals surface area contributed by atoms with Crippen LogP contribution >= 0.6 is 0 Å². The van der Waals surface area contributed by atoms with E-state index in [4.69, 9.17) is 0 Å². The number of rotatable bonds is 4. The molecule has 2 rings (SSSR count). The average molecular weight is 302 g/mol. The molecule has 0 spiro atoms. The second-order valence-corrected chi connectivity index (χ2v) is 8.09. The summed E-state index contributed by atoms with van der Waals surface area (Å²) < 4.78 is 22.4. The summed E-state index contributed by atoms with van der Waals surface area (Å²) in [4.78, 5) is 25.5. The van der Waals surface area contributed by atoms with Crippen LogP contribution in [0.5, 0.6) is 0 Å². The van der Waals surface area contributed by atoms with Crippen molar-refractivity contribution in [3.8, 4) is 0 Å². The third-order valence-corrected chi connectivity index (χ3v) is 5.01. The predicted molar refractivity (Wildman–Crippen MR) is 74.8 cm³/mol. The van der Waals surface area contributed by atoms with Gasteiger partial charge in [-0.25, -0.2) is 8.42 Å². The first-order valence-electron chi connectivity index (χ1n) is 7.13. The maximum Gasteiger partial charge on any atom is 0.245 e. The molecule has 1 atom stereocenters. The van der Waals surface area contributed by atoms with E-state index >= 15 is 0 Å². The SMILES string of the molecule is CS(=O)(=O)CCN1CC(=O)NC(C2CCCCC2)C1=O. The summed E-state index contributed by atoms with van der Waals surface area (Å²) in [6.45, 7) is 0.0753. The standard InChI is InChI=1S/C13H22N2O4S/c1-20(18,19)8-7-15-9-11(16)14-12(13(15)17)10-5-3-2-4-6-10/h10,12H,2-9H2,1H3,(H,14,16). The van der Waals surface area contributed by atoms with Gasteiger partial charge in [-0.15, -0.1) is 0 Å². The summed E-state index contributed by atoms with van der Waals surface area (Å²) >= 11 is 0. The van der Waals surface area contributed by atoms with Crippen molar-refractivity contribution in [3.63, 3.8) is 0 Å². The Bertz CT molecular complexity index is 483. The average Bonchev–Trinajstić information content (AvgIpc) is 2.39. The molecule has 1 saturated heterocycles. The van der Waals surface area contributed by atoms with Crippen LogP contribution in [0.4, 0.5) is 0 Å². The molecule has 1 N–H and O–H groups in total. The Morgan fingerprint density at radius 2 is 1.85 bits per heavy atom. The molecule has 0 bridgehead atoms. The number of sulfone groups is 1. The maximum absolute atomic E-state index is 12.4. The van der Waals surface area contributed by atoms with Gasteiger partial charge in [0, 0.05) is 12.8 Å². The monoisotopic (exact) mass is 302 g/mol. The van der Waals surface area contributed by atoms with Gasteiger partial charge in [0.25, 0.3) is 0 Å². The molecule has 114 valence electrons. The van der Waals surface area contributed by atoms with Crippen molar-refractivity contribution in [2.45, 2.75) is 38.1 Å². The van der Waals surface area contributed by atoms with Crippen LogP contribution in [0.3, 0.4) is 0 Å². The normalized spacial score (nSPS) is 25.6. The van der Waals surface area contributed by atoms with Crippen molar-refractivity contribution < 1.29 is 18.0 Å². The molecule has 1 saturated carbocycles. The molecule has 2 fully saturated rings. The Hall–Kier alpha value is -1.11. The molecular weight excluding hydrogens is 280 g/mol. The van der Waals surface area contributed by atoms with Gasteiger partial charge in [0.05, 0.1) is 12.3 Å². The van der Waals surface area contributed by atoms with E-state index in [1.807, 2.05) is 0 Å². The van der Waals surface area contributed by atoms with E-state index in [9.17, 15) is 18.0 Å². The van der Waals surface area contributed by atoms with Gasteiger partial charge in [-0.2, -0.15) is 0 Å². The van der Waals surface area contributed by atoms with Crippen molar-refractivity contribution in [1.29, 1.82) is 0 Å². The zero-order valence-electron chi connectivity index (χ0n) is 11.8. The van der Waals surface area contributed by atoms with E-state index < -0.39 is 15.9 Å². The van der Waals surface area contributed by atoms with E-state index in [0.717, 1.165) is 31.9 Å². The molecule has 0 aromatic heterocycles.